The van der Waals surface area contributed by atoms with Gasteiger partial charge in [0.15, 0.2) is 11.5 Å². The first-order valence-corrected chi connectivity index (χ1v) is 12.9. The van der Waals surface area contributed by atoms with E-state index in [4.69, 9.17) is 9.47 Å². The molecule has 9 heteroatoms. The smallest absolute Gasteiger partial charge is 0.262 e. The van der Waals surface area contributed by atoms with Crippen molar-refractivity contribution in [1.82, 2.24) is 5.32 Å². The van der Waals surface area contributed by atoms with Gasteiger partial charge in [-0.2, -0.15) is 0 Å². The Bertz CT molecular complexity index is 1250. The summed E-state index contributed by atoms with van der Waals surface area (Å²) in [7, 11) is -3.89. The minimum atomic E-state index is -3.89. The standard InChI is InChI=1S/C24H26N2O5S2/c1-24(2,3)22(21-8-5-13-32-21)25-23(27)16-6-4-7-17(14-16)26-33(28,29)18-9-10-19-20(15-18)31-12-11-30-19/h4-10,13-15,22,26H,11-12H2,1-3H3,(H,25,27). The first kappa shape index (κ1) is 23.1. The molecule has 2 aromatic carbocycles. The molecule has 0 aliphatic carbocycles. The molecular formula is C24H26N2O5S2. The largest absolute Gasteiger partial charge is 0.486 e. The summed E-state index contributed by atoms with van der Waals surface area (Å²) >= 11 is 1.59. The number of carbonyl (C=O) groups excluding carboxylic acids is 1. The molecular weight excluding hydrogens is 460 g/mol. The van der Waals surface area contributed by atoms with E-state index in [0.717, 1.165) is 4.88 Å². The molecule has 4 rings (SSSR count). The quantitative estimate of drug-likeness (QED) is 0.520. The minimum absolute atomic E-state index is 0.0482. The maximum absolute atomic E-state index is 13.0. The number of rotatable bonds is 6. The van der Waals surface area contributed by atoms with Gasteiger partial charge < -0.3 is 14.8 Å². The Morgan fingerprint density at radius 2 is 1.76 bits per heavy atom. The molecule has 0 spiro atoms. The van der Waals surface area contributed by atoms with Gasteiger partial charge in [0.25, 0.3) is 15.9 Å². The Balaban J connectivity index is 1.53. The van der Waals surface area contributed by atoms with Crippen LogP contribution in [0.25, 0.3) is 0 Å². The number of hydrogen-bond donors (Lipinski definition) is 2. The van der Waals surface area contributed by atoms with Crippen molar-refractivity contribution in [3.63, 3.8) is 0 Å². The summed E-state index contributed by atoms with van der Waals surface area (Å²) in [5.41, 5.74) is 0.460. The van der Waals surface area contributed by atoms with Crippen molar-refractivity contribution in [3.8, 4) is 11.5 Å². The van der Waals surface area contributed by atoms with Crippen LogP contribution in [0.15, 0.2) is 64.9 Å². The molecule has 0 fully saturated rings. The number of sulfonamides is 1. The summed E-state index contributed by atoms with van der Waals surface area (Å²) in [5, 5.41) is 5.08. The molecule has 1 aliphatic rings. The van der Waals surface area contributed by atoms with Crippen LogP contribution in [0.5, 0.6) is 11.5 Å². The van der Waals surface area contributed by atoms with Crippen molar-refractivity contribution in [1.29, 1.82) is 0 Å². The van der Waals surface area contributed by atoms with Gasteiger partial charge in [-0.3, -0.25) is 9.52 Å². The Morgan fingerprint density at radius 1 is 1.00 bits per heavy atom. The molecule has 7 nitrogen and oxygen atoms in total. The molecule has 174 valence electrons. The number of anilines is 1. The minimum Gasteiger partial charge on any atom is -0.486 e. The van der Waals surface area contributed by atoms with Crippen LogP contribution in [-0.2, 0) is 10.0 Å². The number of ether oxygens (including phenoxy) is 2. The third-order valence-corrected chi connectivity index (χ3v) is 7.49. The highest BCUT2D eigenvalue weighted by molar-refractivity contribution is 7.92. The predicted octanol–water partition coefficient (Wildman–Crippen LogP) is 4.84. The van der Waals surface area contributed by atoms with Crippen LogP contribution in [0, 0.1) is 5.41 Å². The van der Waals surface area contributed by atoms with E-state index in [0.29, 0.717) is 36.0 Å². The summed E-state index contributed by atoms with van der Waals surface area (Å²) < 4.78 is 39.3. The third kappa shape index (κ3) is 5.31. The molecule has 2 heterocycles. The molecule has 1 unspecified atom stereocenters. The second kappa shape index (κ2) is 9.07. The number of benzene rings is 2. The Kier molecular flexibility index (Phi) is 6.36. The van der Waals surface area contributed by atoms with Gasteiger partial charge >= 0.3 is 0 Å². The lowest BCUT2D eigenvalue weighted by Gasteiger charge is -2.30. The SMILES string of the molecule is CC(C)(C)C(NC(=O)c1cccc(NS(=O)(=O)c2ccc3c(c2)OCCO3)c1)c1cccs1. The maximum atomic E-state index is 13.0. The highest BCUT2D eigenvalue weighted by atomic mass is 32.2. The number of carbonyl (C=O) groups is 1. The number of nitrogens with one attached hydrogen (secondary N) is 2. The van der Waals surface area contributed by atoms with Gasteiger partial charge in [0.1, 0.15) is 13.2 Å². The van der Waals surface area contributed by atoms with E-state index < -0.39 is 10.0 Å². The zero-order valence-electron chi connectivity index (χ0n) is 18.6. The normalized spacial score (nSPS) is 14.4. The molecule has 1 aliphatic heterocycles. The van der Waals surface area contributed by atoms with E-state index in [1.165, 1.54) is 18.2 Å². The average Bonchev–Trinajstić information content (AvgIpc) is 3.30. The Hall–Kier alpha value is -3.04. The number of hydrogen-bond acceptors (Lipinski definition) is 6. The van der Waals surface area contributed by atoms with Crippen LogP contribution >= 0.6 is 11.3 Å². The summed E-state index contributed by atoms with van der Waals surface area (Å²) in [5.74, 6) is 0.626. The van der Waals surface area contributed by atoms with Crippen molar-refractivity contribution < 1.29 is 22.7 Å². The summed E-state index contributed by atoms with van der Waals surface area (Å²) in [6, 6.07) is 14.7. The van der Waals surface area contributed by atoms with Crippen molar-refractivity contribution in [2.75, 3.05) is 17.9 Å². The lowest BCUT2D eigenvalue weighted by molar-refractivity contribution is 0.0903. The number of thiophene rings is 1. The molecule has 0 radical (unpaired) electrons. The summed E-state index contributed by atoms with van der Waals surface area (Å²) in [6.07, 6.45) is 0. The average molecular weight is 487 g/mol. The van der Waals surface area contributed by atoms with E-state index in [1.807, 2.05) is 17.5 Å². The number of amides is 1. The molecule has 33 heavy (non-hydrogen) atoms. The van der Waals surface area contributed by atoms with Gasteiger partial charge in [0.05, 0.1) is 10.9 Å². The second-order valence-corrected chi connectivity index (χ2v) is 11.4. The molecule has 1 atom stereocenters. The third-order valence-electron chi connectivity index (χ3n) is 5.17. The van der Waals surface area contributed by atoms with E-state index in [-0.39, 0.29) is 22.3 Å². The zero-order valence-corrected chi connectivity index (χ0v) is 20.3. The van der Waals surface area contributed by atoms with Crippen molar-refractivity contribution in [3.05, 3.63) is 70.4 Å². The van der Waals surface area contributed by atoms with Gasteiger partial charge in [0.2, 0.25) is 0 Å². The van der Waals surface area contributed by atoms with Crippen LogP contribution in [0.1, 0.15) is 42.0 Å². The summed E-state index contributed by atoms with van der Waals surface area (Å²) in [6.45, 7) is 6.98. The highest BCUT2D eigenvalue weighted by Gasteiger charge is 2.29. The zero-order chi connectivity index (χ0) is 23.6. The van der Waals surface area contributed by atoms with E-state index in [1.54, 1.807) is 35.6 Å². The lowest BCUT2D eigenvalue weighted by atomic mass is 9.85. The second-order valence-electron chi connectivity index (χ2n) is 8.78. The van der Waals surface area contributed by atoms with Gasteiger partial charge in [0, 0.05) is 22.2 Å². The molecule has 0 saturated carbocycles. The van der Waals surface area contributed by atoms with Crippen LogP contribution in [0.2, 0.25) is 0 Å². The molecule has 0 bridgehead atoms. The Labute approximate surface area is 197 Å². The molecule has 1 amide bonds. The van der Waals surface area contributed by atoms with Crippen molar-refractivity contribution >= 4 is 33.0 Å². The lowest BCUT2D eigenvalue weighted by Crippen LogP contribution is -2.36. The van der Waals surface area contributed by atoms with Crippen molar-refractivity contribution in [2.24, 2.45) is 5.41 Å². The fraction of sp³-hybridized carbons (Fsp3) is 0.292. The van der Waals surface area contributed by atoms with E-state index in [2.05, 4.69) is 30.8 Å². The van der Waals surface area contributed by atoms with Gasteiger partial charge in [-0.1, -0.05) is 32.9 Å². The van der Waals surface area contributed by atoms with Crippen LogP contribution in [0.4, 0.5) is 5.69 Å². The highest BCUT2D eigenvalue weighted by Crippen LogP contribution is 2.36. The fourth-order valence-corrected chi connectivity index (χ4v) is 5.60. The van der Waals surface area contributed by atoms with Gasteiger partial charge in [-0.25, -0.2) is 8.42 Å². The first-order valence-electron chi connectivity index (χ1n) is 10.5. The fourth-order valence-electron chi connectivity index (χ4n) is 3.51. The van der Waals surface area contributed by atoms with Crippen molar-refractivity contribution in [2.45, 2.75) is 31.7 Å². The van der Waals surface area contributed by atoms with Crippen LogP contribution in [0.3, 0.4) is 0 Å². The topological polar surface area (TPSA) is 93.7 Å². The molecule has 0 saturated heterocycles. The van der Waals surface area contributed by atoms with Gasteiger partial charge in [-0.15, -0.1) is 11.3 Å². The van der Waals surface area contributed by atoms with Gasteiger partial charge in [-0.05, 0) is 47.2 Å². The first-order chi connectivity index (χ1) is 15.6. The number of fused-ring (bicyclic) bond motifs is 1. The maximum Gasteiger partial charge on any atom is 0.262 e. The van der Waals surface area contributed by atoms with Crippen LogP contribution in [-0.4, -0.2) is 27.5 Å². The Morgan fingerprint density at radius 3 is 2.45 bits per heavy atom. The van der Waals surface area contributed by atoms with E-state index >= 15 is 0 Å². The molecule has 2 N–H and O–H groups in total. The van der Waals surface area contributed by atoms with Crippen LogP contribution < -0.4 is 19.5 Å². The molecule has 1 aromatic heterocycles. The predicted molar refractivity (Wildman–Crippen MR) is 129 cm³/mol. The van der Waals surface area contributed by atoms with E-state index in [9.17, 15) is 13.2 Å². The monoisotopic (exact) mass is 486 g/mol. The summed E-state index contributed by atoms with van der Waals surface area (Å²) in [4.78, 5) is 14.1. The molecule has 3 aromatic rings.